The van der Waals surface area contributed by atoms with Crippen molar-refractivity contribution >= 4 is 39.1 Å². The normalized spacial score (nSPS) is 17.5. The van der Waals surface area contributed by atoms with Crippen molar-refractivity contribution in [3.63, 3.8) is 0 Å². The molecule has 40 heavy (non-hydrogen) atoms. The SMILES string of the molecule is CC1CN(c2ccc(C(=O)Nc3cc(F)c4nn(C)cc4c3)c3nc(OCc4cncn4C)ncc23)CC(C)N1. The third-order valence-electron chi connectivity index (χ3n) is 7.05. The van der Waals surface area contributed by atoms with Crippen LogP contribution in [0.25, 0.3) is 21.8 Å². The molecule has 2 aromatic carbocycles. The highest BCUT2D eigenvalue weighted by Crippen LogP contribution is 2.31. The van der Waals surface area contributed by atoms with E-state index in [0.717, 1.165) is 29.9 Å². The lowest BCUT2D eigenvalue weighted by Crippen LogP contribution is -2.54. The smallest absolute Gasteiger partial charge is 0.317 e. The Hall–Kier alpha value is -4.58. The van der Waals surface area contributed by atoms with E-state index in [-0.39, 0.29) is 18.1 Å². The molecule has 0 spiro atoms. The number of benzene rings is 2. The van der Waals surface area contributed by atoms with Gasteiger partial charge in [0.15, 0.2) is 5.82 Å². The van der Waals surface area contributed by atoms with E-state index in [4.69, 9.17) is 4.74 Å². The fourth-order valence-electron chi connectivity index (χ4n) is 5.29. The lowest BCUT2D eigenvalue weighted by Gasteiger charge is -2.38. The molecule has 0 radical (unpaired) electrons. The number of carbonyl (C=O) groups excluding carboxylic acids is 1. The van der Waals surface area contributed by atoms with Crippen LogP contribution in [0, 0.1) is 5.82 Å². The summed E-state index contributed by atoms with van der Waals surface area (Å²) in [7, 11) is 3.60. The van der Waals surface area contributed by atoms with Crippen LogP contribution in [-0.2, 0) is 20.7 Å². The van der Waals surface area contributed by atoms with E-state index in [0.29, 0.717) is 34.2 Å². The molecule has 2 atom stereocenters. The first-order chi connectivity index (χ1) is 19.2. The predicted octanol–water partition coefficient (Wildman–Crippen LogP) is 3.41. The zero-order valence-corrected chi connectivity index (χ0v) is 22.7. The maximum atomic E-state index is 14.7. The Morgan fingerprint density at radius 2 is 1.95 bits per heavy atom. The van der Waals surface area contributed by atoms with Gasteiger partial charge in [0.25, 0.3) is 5.91 Å². The first-order valence-corrected chi connectivity index (χ1v) is 13.1. The summed E-state index contributed by atoms with van der Waals surface area (Å²) < 4.78 is 24.0. The molecule has 5 aromatic rings. The number of piperazine rings is 1. The average molecular weight is 544 g/mol. The standard InChI is InChI=1S/C28H30FN9O2/c1-16-11-38(12-17(2)32-16)24-6-5-21(27(39)33-19-7-18-13-37(4)35-25(18)23(29)8-19)26-22(24)10-31-28(34-26)40-14-20-9-30-15-36(20)3/h5-10,13,15-17,32H,11-12,14H2,1-4H3,(H,33,39). The van der Waals surface area contributed by atoms with Crippen LogP contribution in [-0.4, -0.2) is 60.4 Å². The van der Waals surface area contributed by atoms with Crippen molar-refractivity contribution < 1.29 is 13.9 Å². The number of hydrogen-bond acceptors (Lipinski definition) is 8. The van der Waals surface area contributed by atoms with Crippen LogP contribution in [0.15, 0.2) is 49.2 Å². The average Bonchev–Trinajstić information content (AvgIpc) is 3.50. The van der Waals surface area contributed by atoms with Crippen LogP contribution in [0.2, 0.25) is 0 Å². The second-order valence-electron chi connectivity index (χ2n) is 10.4. The Bertz CT molecular complexity index is 1720. The van der Waals surface area contributed by atoms with Crippen LogP contribution >= 0.6 is 0 Å². The first-order valence-electron chi connectivity index (χ1n) is 13.1. The molecular weight excluding hydrogens is 513 g/mol. The number of aryl methyl sites for hydroxylation is 2. The number of amides is 1. The zero-order valence-electron chi connectivity index (χ0n) is 22.7. The Morgan fingerprint density at radius 3 is 2.70 bits per heavy atom. The molecular formula is C28H30FN9O2. The molecule has 0 aliphatic carbocycles. The van der Waals surface area contributed by atoms with Gasteiger partial charge in [0, 0.05) is 73.8 Å². The quantitative estimate of drug-likeness (QED) is 0.335. The highest BCUT2D eigenvalue weighted by atomic mass is 19.1. The summed E-state index contributed by atoms with van der Waals surface area (Å²) in [5.74, 6) is -0.929. The maximum absolute atomic E-state index is 14.7. The molecule has 4 heterocycles. The van der Waals surface area contributed by atoms with Gasteiger partial charge in [0.1, 0.15) is 12.1 Å². The molecule has 2 unspecified atom stereocenters. The summed E-state index contributed by atoms with van der Waals surface area (Å²) in [5.41, 5.74) is 3.14. The Balaban J connectivity index is 1.38. The number of ether oxygens (including phenoxy) is 1. The lowest BCUT2D eigenvalue weighted by atomic mass is 10.0. The van der Waals surface area contributed by atoms with Crippen molar-refractivity contribution in [2.45, 2.75) is 32.5 Å². The van der Waals surface area contributed by atoms with Crippen molar-refractivity contribution in [3.05, 3.63) is 66.3 Å². The molecule has 206 valence electrons. The van der Waals surface area contributed by atoms with Crippen molar-refractivity contribution in [1.82, 2.24) is 34.6 Å². The summed E-state index contributed by atoms with van der Waals surface area (Å²) >= 11 is 0. The van der Waals surface area contributed by atoms with Crippen LogP contribution in [0.3, 0.4) is 0 Å². The van der Waals surface area contributed by atoms with Gasteiger partial charge in [0.2, 0.25) is 0 Å². The molecule has 1 aliphatic heterocycles. The summed E-state index contributed by atoms with van der Waals surface area (Å²) in [6.07, 6.45) is 6.80. The van der Waals surface area contributed by atoms with Crippen LogP contribution < -0.4 is 20.3 Å². The molecule has 3 aromatic heterocycles. The minimum Gasteiger partial charge on any atom is -0.457 e. The number of rotatable bonds is 6. The fraction of sp³-hybridized carbons (Fsp3) is 0.321. The van der Waals surface area contributed by atoms with E-state index >= 15 is 0 Å². The molecule has 0 bridgehead atoms. The molecule has 1 aliphatic rings. The van der Waals surface area contributed by atoms with E-state index in [9.17, 15) is 9.18 Å². The Kier molecular flexibility index (Phi) is 6.54. The zero-order chi connectivity index (χ0) is 28.0. The number of aromatic nitrogens is 6. The largest absolute Gasteiger partial charge is 0.457 e. The second kappa shape index (κ2) is 10.2. The van der Waals surface area contributed by atoms with Crippen molar-refractivity contribution in [2.24, 2.45) is 14.1 Å². The van der Waals surface area contributed by atoms with Gasteiger partial charge in [-0.2, -0.15) is 10.1 Å². The molecule has 1 fully saturated rings. The molecule has 1 saturated heterocycles. The van der Waals surface area contributed by atoms with E-state index < -0.39 is 11.7 Å². The third kappa shape index (κ3) is 4.93. The van der Waals surface area contributed by atoms with Gasteiger partial charge < -0.3 is 24.8 Å². The Morgan fingerprint density at radius 1 is 1.15 bits per heavy atom. The van der Waals surface area contributed by atoms with Gasteiger partial charge in [-0.3, -0.25) is 9.48 Å². The van der Waals surface area contributed by atoms with Crippen LogP contribution in [0.1, 0.15) is 29.9 Å². The minimum absolute atomic E-state index is 0.143. The Labute approximate surface area is 230 Å². The van der Waals surface area contributed by atoms with Crippen molar-refractivity contribution in [2.75, 3.05) is 23.3 Å². The highest BCUT2D eigenvalue weighted by molar-refractivity contribution is 6.14. The van der Waals surface area contributed by atoms with E-state index in [1.54, 1.807) is 44.1 Å². The third-order valence-corrected chi connectivity index (χ3v) is 7.05. The minimum atomic E-state index is -0.510. The number of nitrogens with one attached hydrogen (secondary N) is 2. The summed E-state index contributed by atoms with van der Waals surface area (Å²) in [6, 6.07) is 7.37. The first kappa shape index (κ1) is 25.7. The van der Waals surface area contributed by atoms with Gasteiger partial charge in [-0.1, -0.05) is 0 Å². The highest BCUT2D eigenvalue weighted by Gasteiger charge is 2.25. The molecule has 11 nitrogen and oxygen atoms in total. The predicted molar refractivity (Wildman–Crippen MR) is 150 cm³/mol. The number of hydrogen-bond donors (Lipinski definition) is 2. The van der Waals surface area contributed by atoms with E-state index in [1.165, 1.54) is 10.7 Å². The molecule has 12 heteroatoms. The van der Waals surface area contributed by atoms with Crippen LogP contribution in [0.5, 0.6) is 6.01 Å². The maximum Gasteiger partial charge on any atom is 0.317 e. The van der Waals surface area contributed by atoms with Gasteiger partial charge >= 0.3 is 6.01 Å². The van der Waals surface area contributed by atoms with E-state index in [1.807, 2.05) is 17.7 Å². The number of nitrogens with zero attached hydrogens (tertiary/aromatic N) is 7. The molecule has 0 saturated carbocycles. The van der Waals surface area contributed by atoms with Gasteiger partial charge in [-0.05, 0) is 38.1 Å². The van der Waals surface area contributed by atoms with E-state index in [2.05, 4.69) is 49.4 Å². The summed E-state index contributed by atoms with van der Waals surface area (Å²) in [5, 5.41) is 11.8. The molecule has 2 N–H and O–H groups in total. The topological polar surface area (TPSA) is 115 Å². The van der Waals surface area contributed by atoms with Crippen molar-refractivity contribution in [1.29, 1.82) is 0 Å². The van der Waals surface area contributed by atoms with Gasteiger partial charge in [0.05, 0.1) is 29.3 Å². The summed E-state index contributed by atoms with van der Waals surface area (Å²) in [4.78, 5) is 29.1. The number of fused-ring (bicyclic) bond motifs is 2. The van der Waals surface area contributed by atoms with Gasteiger partial charge in [-0.25, -0.2) is 14.4 Å². The lowest BCUT2D eigenvalue weighted by molar-refractivity contribution is 0.102. The molecule has 1 amide bonds. The molecule has 6 rings (SSSR count). The number of anilines is 2. The number of halogens is 1. The summed E-state index contributed by atoms with van der Waals surface area (Å²) in [6.45, 7) is 6.11. The number of imidazole rings is 1. The monoisotopic (exact) mass is 543 g/mol. The number of carbonyl (C=O) groups is 1. The van der Waals surface area contributed by atoms with Gasteiger partial charge in [-0.15, -0.1) is 0 Å². The second-order valence-corrected chi connectivity index (χ2v) is 10.4. The fourth-order valence-corrected chi connectivity index (χ4v) is 5.29. The van der Waals surface area contributed by atoms with Crippen LogP contribution in [0.4, 0.5) is 15.8 Å². The van der Waals surface area contributed by atoms with Crippen molar-refractivity contribution in [3.8, 4) is 6.01 Å².